The molecule has 11 heteroatoms. The number of nitro groups is 1. The molecule has 30 heavy (non-hydrogen) atoms. The molecule has 3 rings (SSSR count). The van der Waals surface area contributed by atoms with E-state index >= 15 is 0 Å². The van der Waals surface area contributed by atoms with Gasteiger partial charge in [0.15, 0.2) is 0 Å². The molecule has 0 saturated heterocycles. The maximum atomic E-state index is 12.5. The summed E-state index contributed by atoms with van der Waals surface area (Å²) in [5.74, 6) is -0.730. The average Bonchev–Trinajstić information content (AvgIpc) is 2.67. The lowest BCUT2D eigenvalue weighted by atomic mass is 10.1. The van der Waals surface area contributed by atoms with Crippen molar-refractivity contribution < 1.29 is 18.1 Å². The number of carbonyl (C=O) groups is 1. The van der Waals surface area contributed by atoms with Crippen molar-refractivity contribution in [3.05, 3.63) is 81.7 Å². The molecule has 1 aromatic heterocycles. The second kappa shape index (κ2) is 8.25. The van der Waals surface area contributed by atoms with Gasteiger partial charge in [0.2, 0.25) is 5.95 Å². The van der Waals surface area contributed by atoms with Crippen molar-refractivity contribution in [2.75, 3.05) is 10.0 Å². The van der Waals surface area contributed by atoms with Crippen LogP contribution < -0.4 is 10.0 Å². The Morgan fingerprint density at radius 3 is 2.40 bits per heavy atom. The molecule has 0 aliphatic carbocycles. The number of hydrogen-bond donors (Lipinski definition) is 2. The first-order chi connectivity index (χ1) is 14.2. The summed E-state index contributed by atoms with van der Waals surface area (Å²) in [5.41, 5.74) is 0.873. The number of carbonyl (C=O) groups excluding carboxylic acids is 1. The predicted octanol–water partition coefficient (Wildman–Crippen LogP) is 3.05. The molecule has 0 spiro atoms. The first kappa shape index (κ1) is 20.9. The fourth-order valence-corrected chi connectivity index (χ4v) is 3.63. The highest BCUT2D eigenvalue weighted by Gasteiger charge is 2.22. The Balaban J connectivity index is 1.79. The monoisotopic (exact) mass is 427 g/mol. The zero-order valence-corrected chi connectivity index (χ0v) is 16.8. The SMILES string of the molecule is Cc1ccnc(NS(=O)(=O)c2ccc(NC(=O)c3cccc(C)c3[N+](=O)[O-])cc2)n1. The van der Waals surface area contributed by atoms with E-state index in [1.54, 1.807) is 32.0 Å². The predicted molar refractivity (Wildman–Crippen MR) is 110 cm³/mol. The lowest BCUT2D eigenvalue weighted by Gasteiger charge is -2.09. The number of nitrogens with one attached hydrogen (secondary N) is 2. The van der Waals surface area contributed by atoms with E-state index in [-0.39, 0.29) is 27.8 Å². The Hall–Kier alpha value is -3.86. The average molecular weight is 427 g/mol. The first-order valence-electron chi connectivity index (χ1n) is 8.65. The van der Waals surface area contributed by atoms with E-state index in [0.29, 0.717) is 11.3 Å². The summed E-state index contributed by atoms with van der Waals surface area (Å²) in [4.78, 5) is 30.9. The molecule has 2 N–H and O–H groups in total. The van der Waals surface area contributed by atoms with Crippen molar-refractivity contribution in [3.8, 4) is 0 Å². The molecule has 2 aromatic carbocycles. The van der Waals surface area contributed by atoms with Gasteiger partial charge < -0.3 is 5.32 Å². The summed E-state index contributed by atoms with van der Waals surface area (Å²) in [6, 6.07) is 11.4. The number of benzene rings is 2. The largest absolute Gasteiger partial charge is 0.322 e. The molecule has 0 atom stereocenters. The highest BCUT2D eigenvalue weighted by Crippen LogP contribution is 2.24. The van der Waals surface area contributed by atoms with Crippen LogP contribution in [0.25, 0.3) is 0 Å². The standard InChI is InChI=1S/C19H17N5O5S/c1-12-4-3-5-16(17(12)24(26)27)18(25)22-14-6-8-15(9-7-14)30(28,29)23-19-20-11-10-13(2)21-19/h3-11H,1-2H3,(H,22,25)(H,20,21,23). The second-order valence-corrected chi connectivity index (χ2v) is 8.02. The van der Waals surface area contributed by atoms with Crippen LogP contribution in [0.5, 0.6) is 0 Å². The quantitative estimate of drug-likeness (QED) is 0.454. The molecule has 1 heterocycles. The van der Waals surface area contributed by atoms with Crippen LogP contribution in [0.1, 0.15) is 21.6 Å². The van der Waals surface area contributed by atoms with Crippen LogP contribution >= 0.6 is 0 Å². The van der Waals surface area contributed by atoms with Gasteiger partial charge >= 0.3 is 0 Å². The topological polar surface area (TPSA) is 144 Å². The molecule has 0 unspecified atom stereocenters. The molecule has 0 saturated carbocycles. The summed E-state index contributed by atoms with van der Waals surface area (Å²) in [7, 11) is -3.93. The van der Waals surface area contributed by atoms with E-state index in [4.69, 9.17) is 0 Å². The molecule has 0 aliphatic rings. The van der Waals surface area contributed by atoms with Gasteiger partial charge in [0.25, 0.3) is 21.6 Å². The van der Waals surface area contributed by atoms with Gasteiger partial charge in [-0.1, -0.05) is 12.1 Å². The van der Waals surface area contributed by atoms with Gasteiger partial charge in [-0.05, 0) is 50.2 Å². The molecular formula is C19H17N5O5S. The number of aryl methyl sites for hydroxylation is 2. The third kappa shape index (κ3) is 4.58. The number of nitrogens with zero attached hydrogens (tertiary/aromatic N) is 3. The van der Waals surface area contributed by atoms with E-state index in [9.17, 15) is 23.3 Å². The number of aromatic nitrogens is 2. The van der Waals surface area contributed by atoms with E-state index in [0.717, 1.165) is 0 Å². The Bertz CT molecular complexity index is 1230. The van der Waals surface area contributed by atoms with E-state index < -0.39 is 20.9 Å². The third-order valence-corrected chi connectivity index (χ3v) is 5.45. The fraction of sp³-hybridized carbons (Fsp3) is 0.105. The van der Waals surface area contributed by atoms with Gasteiger partial charge in [0.1, 0.15) is 5.56 Å². The molecule has 1 amide bonds. The lowest BCUT2D eigenvalue weighted by molar-refractivity contribution is -0.385. The molecule has 10 nitrogen and oxygen atoms in total. The summed E-state index contributed by atoms with van der Waals surface area (Å²) >= 11 is 0. The Morgan fingerprint density at radius 1 is 1.07 bits per heavy atom. The fourth-order valence-electron chi connectivity index (χ4n) is 2.68. The van der Waals surface area contributed by atoms with E-state index in [2.05, 4.69) is 20.0 Å². The molecule has 154 valence electrons. The molecule has 0 radical (unpaired) electrons. The van der Waals surface area contributed by atoms with Crippen molar-refractivity contribution in [1.29, 1.82) is 0 Å². The Labute approximate surface area is 172 Å². The maximum Gasteiger partial charge on any atom is 0.285 e. The van der Waals surface area contributed by atoms with Crippen LogP contribution in [0.2, 0.25) is 0 Å². The molecule has 3 aromatic rings. The van der Waals surface area contributed by atoms with Crippen molar-refractivity contribution in [3.63, 3.8) is 0 Å². The molecular weight excluding hydrogens is 410 g/mol. The van der Waals surface area contributed by atoms with Crippen LogP contribution in [0, 0.1) is 24.0 Å². The van der Waals surface area contributed by atoms with Crippen LogP contribution in [-0.4, -0.2) is 29.2 Å². The van der Waals surface area contributed by atoms with Crippen molar-refractivity contribution in [2.24, 2.45) is 0 Å². The molecule has 0 bridgehead atoms. The summed E-state index contributed by atoms with van der Waals surface area (Å²) in [6.45, 7) is 3.25. The number of hydrogen-bond acceptors (Lipinski definition) is 7. The number of sulfonamides is 1. The maximum absolute atomic E-state index is 12.5. The van der Waals surface area contributed by atoms with Gasteiger partial charge in [0, 0.05) is 23.1 Å². The number of nitro benzene ring substituents is 1. The van der Waals surface area contributed by atoms with E-state index in [1.807, 2.05) is 0 Å². The Kier molecular flexibility index (Phi) is 5.74. The van der Waals surface area contributed by atoms with Gasteiger partial charge in [-0.25, -0.2) is 23.1 Å². The first-order valence-corrected chi connectivity index (χ1v) is 10.1. The van der Waals surface area contributed by atoms with Crippen LogP contribution in [0.4, 0.5) is 17.3 Å². The number of amides is 1. The minimum absolute atomic E-state index is 0.0564. The third-order valence-electron chi connectivity index (χ3n) is 4.11. The van der Waals surface area contributed by atoms with Gasteiger partial charge in [-0.2, -0.15) is 0 Å². The smallest absolute Gasteiger partial charge is 0.285 e. The van der Waals surface area contributed by atoms with Crippen LogP contribution in [0.3, 0.4) is 0 Å². The van der Waals surface area contributed by atoms with Gasteiger partial charge in [0.05, 0.1) is 9.82 Å². The minimum atomic E-state index is -3.93. The number of anilines is 2. The number of rotatable bonds is 6. The van der Waals surface area contributed by atoms with Crippen LogP contribution in [0.15, 0.2) is 59.6 Å². The molecule has 0 fully saturated rings. The molecule has 0 aliphatic heterocycles. The highest BCUT2D eigenvalue weighted by atomic mass is 32.2. The van der Waals surface area contributed by atoms with Gasteiger partial charge in [-0.3, -0.25) is 14.9 Å². The minimum Gasteiger partial charge on any atom is -0.322 e. The highest BCUT2D eigenvalue weighted by molar-refractivity contribution is 7.92. The summed E-state index contributed by atoms with van der Waals surface area (Å²) in [5, 5.41) is 13.8. The lowest BCUT2D eigenvalue weighted by Crippen LogP contribution is -2.16. The normalized spacial score (nSPS) is 11.0. The van der Waals surface area contributed by atoms with Crippen molar-refractivity contribution in [1.82, 2.24) is 9.97 Å². The zero-order valence-electron chi connectivity index (χ0n) is 16.0. The van der Waals surface area contributed by atoms with Crippen LogP contribution in [-0.2, 0) is 10.0 Å². The number of para-hydroxylation sites is 1. The summed E-state index contributed by atoms with van der Waals surface area (Å²) in [6.07, 6.45) is 1.43. The van der Waals surface area contributed by atoms with Gasteiger partial charge in [-0.15, -0.1) is 0 Å². The van der Waals surface area contributed by atoms with Crippen molar-refractivity contribution in [2.45, 2.75) is 18.7 Å². The second-order valence-electron chi connectivity index (χ2n) is 6.33. The Morgan fingerprint density at radius 2 is 1.77 bits per heavy atom. The summed E-state index contributed by atoms with van der Waals surface area (Å²) < 4.78 is 27.2. The van der Waals surface area contributed by atoms with E-state index in [1.165, 1.54) is 36.5 Å². The zero-order chi connectivity index (χ0) is 21.9. The van der Waals surface area contributed by atoms with Crippen molar-refractivity contribution >= 4 is 33.3 Å².